The minimum absolute atomic E-state index is 0.00625. The van der Waals surface area contributed by atoms with E-state index in [2.05, 4.69) is 40.6 Å². The summed E-state index contributed by atoms with van der Waals surface area (Å²) in [4.78, 5) is 19.1. The van der Waals surface area contributed by atoms with Crippen molar-refractivity contribution < 1.29 is 13.2 Å². The summed E-state index contributed by atoms with van der Waals surface area (Å²) in [6.07, 6.45) is 0.944. The number of thiophene rings is 1. The Morgan fingerprint density at radius 3 is 2.29 bits per heavy atom. The molecule has 5 rings (SSSR count). The second-order valence-corrected chi connectivity index (χ2v) is 12.2. The zero-order valence-corrected chi connectivity index (χ0v) is 21.5. The monoisotopic (exact) mass is 509 g/mol. The average molecular weight is 510 g/mol. The molecule has 0 bridgehead atoms. The summed E-state index contributed by atoms with van der Waals surface area (Å²) in [6.45, 7) is 4.34. The van der Waals surface area contributed by atoms with E-state index in [0.29, 0.717) is 26.2 Å². The number of hydrogen-bond donors (Lipinski definition) is 0. The second-order valence-electron chi connectivity index (χ2n) is 9.24. The standard InChI is InChI=1S/C27H31N3O3S2/c1-21(30-14-12-25-24(13-19-34-25)26(30)23-10-6-3-7-11-23)27(31)28-15-17-29(18-16-28)35(32,33)20-22-8-4-2-5-9-22/h2-11,13,19,21,26H,12,14-18,20H2,1H3. The van der Waals surface area contributed by atoms with Crippen molar-refractivity contribution in [3.63, 3.8) is 0 Å². The second kappa shape index (κ2) is 10.2. The molecule has 2 atom stereocenters. The number of amides is 1. The molecule has 0 aliphatic carbocycles. The van der Waals surface area contributed by atoms with Crippen molar-refractivity contribution in [1.82, 2.24) is 14.1 Å². The first kappa shape index (κ1) is 24.2. The summed E-state index contributed by atoms with van der Waals surface area (Å²) in [5.74, 6) is 0.0676. The van der Waals surface area contributed by atoms with Gasteiger partial charge >= 0.3 is 0 Å². The van der Waals surface area contributed by atoms with Gasteiger partial charge in [0, 0.05) is 37.6 Å². The molecule has 184 valence electrons. The molecule has 0 spiro atoms. The van der Waals surface area contributed by atoms with E-state index in [-0.39, 0.29) is 23.7 Å². The number of piperazine rings is 1. The van der Waals surface area contributed by atoms with E-state index in [1.165, 1.54) is 20.3 Å². The van der Waals surface area contributed by atoms with Crippen molar-refractivity contribution in [1.29, 1.82) is 0 Å². The van der Waals surface area contributed by atoms with Gasteiger partial charge in [0.2, 0.25) is 15.9 Å². The van der Waals surface area contributed by atoms with Crippen LogP contribution in [-0.4, -0.2) is 67.2 Å². The Kier molecular flexibility index (Phi) is 7.07. The van der Waals surface area contributed by atoms with Gasteiger partial charge in [-0.1, -0.05) is 60.7 Å². The smallest absolute Gasteiger partial charge is 0.239 e. The summed E-state index contributed by atoms with van der Waals surface area (Å²) < 4.78 is 27.4. The van der Waals surface area contributed by atoms with Gasteiger partial charge in [0.25, 0.3) is 0 Å². The molecule has 3 heterocycles. The molecule has 3 aromatic rings. The normalized spacial score (nSPS) is 20.4. The van der Waals surface area contributed by atoms with E-state index in [1.807, 2.05) is 48.2 Å². The first-order chi connectivity index (χ1) is 16.9. The summed E-state index contributed by atoms with van der Waals surface area (Å²) in [7, 11) is -3.41. The number of rotatable bonds is 6. The van der Waals surface area contributed by atoms with E-state index >= 15 is 0 Å². The fourth-order valence-electron chi connectivity index (χ4n) is 5.23. The van der Waals surface area contributed by atoms with Gasteiger partial charge in [0.1, 0.15) is 0 Å². The Hall–Kier alpha value is -2.52. The van der Waals surface area contributed by atoms with Crippen LogP contribution in [0.15, 0.2) is 72.1 Å². The van der Waals surface area contributed by atoms with E-state index in [1.54, 1.807) is 11.3 Å². The van der Waals surface area contributed by atoms with Gasteiger partial charge < -0.3 is 4.90 Å². The van der Waals surface area contributed by atoms with E-state index in [9.17, 15) is 13.2 Å². The Balaban J connectivity index is 1.27. The molecule has 2 aromatic carbocycles. The van der Waals surface area contributed by atoms with Crippen LogP contribution in [0.3, 0.4) is 0 Å². The highest BCUT2D eigenvalue weighted by Gasteiger charge is 2.38. The highest BCUT2D eigenvalue weighted by molar-refractivity contribution is 7.88. The van der Waals surface area contributed by atoms with Crippen molar-refractivity contribution in [2.24, 2.45) is 0 Å². The molecule has 0 radical (unpaired) electrons. The average Bonchev–Trinajstić information content (AvgIpc) is 3.37. The van der Waals surface area contributed by atoms with E-state index in [4.69, 9.17) is 0 Å². The van der Waals surface area contributed by atoms with Gasteiger partial charge in [-0.05, 0) is 41.5 Å². The third kappa shape index (κ3) is 5.07. The molecule has 1 saturated heterocycles. The van der Waals surface area contributed by atoms with Crippen LogP contribution in [0.5, 0.6) is 0 Å². The van der Waals surface area contributed by atoms with Gasteiger partial charge in [-0.15, -0.1) is 11.3 Å². The maximum Gasteiger partial charge on any atom is 0.239 e. The SMILES string of the molecule is CC(C(=O)N1CCN(S(=O)(=O)Cc2ccccc2)CC1)N1CCc2sccc2C1c1ccccc1. The van der Waals surface area contributed by atoms with Crippen LogP contribution in [0, 0.1) is 0 Å². The Labute approximate surface area is 211 Å². The van der Waals surface area contributed by atoms with Crippen LogP contribution in [0.2, 0.25) is 0 Å². The molecule has 1 fully saturated rings. The van der Waals surface area contributed by atoms with Crippen LogP contribution in [0.1, 0.15) is 34.5 Å². The molecule has 8 heteroatoms. The van der Waals surface area contributed by atoms with Crippen molar-refractivity contribution >= 4 is 27.3 Å². The van der Waals surface area contributed by atoms with Crippen LogP contribution in [0.4, 0.5) is 0 Å². The van der Waals surface area contributed by atoms with Crippen molar-refractivity contribution in [3.05, 3.63) is 93.7 Å². The number of fused-ring (bicyclic) bond motifs is 1. The van der Waals surface area contributed by atoms with Crippen LogP contribution in [-0.2, 0) is 27.0 Å². The summed E-state index contributed by atoms with van der Waals surface area (Å²) >= 11 is 1.79. The molecule has 35 heavy (non-hydrogen) atoms. The van der Waals surface area contributed by atoms with E-state index in [0.717, 1.165) is 18.5 Å². The summed E-state index contributed by atoms with van der Waals surface area (Å²) in [6, 6.07) is 21.6. The number of nitrogens with zero attached hydrogens (tertiary/aromatic N) is 3. The number of hydrogen-bond acceptors (Lipinski definition) is 5. The first-order valence-corrected chi connectivity index (χ1v) is 14.6. The predicted octanol–water partition coefficient (Wildman–Crippen LogP) is 3.76. The van der Waals surface area contributed by atoms with Crippen molar-refractivity contribution in [2.75, 3.05) is 32.7 Å². The van der Waals surface area contributed by atoms with Gasteiger partial charge in [-0.3, -0.25) is 9.69 Å². The summed E-state index contributed by atoms with van der Waals surface area (Å²) in [5, 5.41) is 2.14. The minimum atomic E-state index is -3.41. The van der Waals surface area contributed by atoms with Crippen molar-refractivity contribution in [2.45, 2.75) is 31.2 Å². The van der Waals surface area contributed by atoms with Crippen LogP contribution < -0.4 is 0 Å². The third-order valence-corrected chi connectivity index (χ3v) is 9.96. The lowest BCUT2D eigenvalue weighted by molar-refractivity contribution is -0.138. The number of carbonyl (C=O) groups is 1. The van der Waals surface area contributed by atoms with Crippen LogP contribution >= 0.6 is 11.3 Å². The molecule has 0 saturated carbocycles. The first-order valence-electron chi connectivity index (χ1n) is 12.1. The van der Waals surface area contributed by atoms with Gasteiger partial charge in [0.15, 0.2) is 0 Å². The maximum atomic E-state index is 13.6. The molecule has 1 amide bonds. The minimum Gasteiger partial charge on any atom is -0.339 e. The van der Waals surface area contributed by atoms with E-state index < -0.39 is 10.0 Å². The topological polar surface area (TPSA) is 60.9 Å². The lowest BCUT2D eigenvalue weighted by Crippen LogP contribution is -2.56. The molecule has 0 N–H and O–H groups in total. The highest BCUT2D eigenvalue weighted by atomic mass is 32.2. The van der Waals surface area contributed by atoms with Gasteiger partial charge in [-0.2, -0.15) is 4.31 Å². The zero-order valence-electron chi connectivity index (χ0n) is 19.9. The number of carbonyl (C=O) groups excluding carboxylic acids is 1. The Morgan fingerprint density at radius 1 is 0.943 bits per heavy atom. The lowest BCUT2D eigenvalue weighted by atomic mass is 9.92. The number of sulfonamides is 1. The van der Waals surface area contributed by atoms with Gasteiger partial charge in [-0.25, -0.2) is 8.42 Å². The van der Waals surface area contributed by atoms with Gasteiger partial charge in [0.05, 0.1) is 17.8 Å². The van der Waals surface area contributed by atoms with Crippen molar-refractivity contribution in [3.8, 4) is 0 Å². The predicted molar refractivity (Wildman–Crippen MR) is 140 cm³/mol. The summed E-state index contributed by atoms with van der Waals surface area (Å²) in [5.41, 5.74) is 3.27. The fourth-order valence-corrected chi connectivity index (χ4v) is 7.65. The Morgan fingerprint density at radius 2 is 1.60 bits per heavy atom. The largest absolute Gasteiger partial charge is 0.339 e. The molecule has 2 unspecified atom stereocenters. The highest BCUT2D eigenvalue weighted by Crippen LogP contribution is 2.39. The lowest BCUT2D eigenvalue weighted by Gasteiger charge is -2.42. The molecule has 2 aliphatic heterocycles. The van der Waals surface area contributed by atoms with Crippen LogP contribution in [0.25, 0.3) is 0 Å². The maximum absolute atomic E-state index is 13.6. The number of benzene rings is 2. The molecule has 1 aromatic heterocycles. The molecule has 6 nitrogen and oxygen atoms in total. The Bertz CT molecular complexity index is 1250. The molecular formula is C27H31N3O3S2. The molecule has 2 aliphatic rings. The fraction of sp³-hybridized carbons (Fsp3) is 0.370. The zero-order chi connectivity index (χ0) is 24.4. The quantitative estimate of drug-likeness (QED) is 0.508. The third-order valence-electron chi connectivity index (χ3n) is 7.11. The molecular weight excluding hydrogens is 478 g/mol.